The molecule has 1 aromatic rings. The van der Waals surface area contributed by atoms with E-state index >= 15 is 0 Å². The van der Waals surface area contributed by atoms with Crippen LogP contribution in [0.15, 0.2) is 18.7 Å². The first kappa shape index (κ1) is 52.3. The van der Waals surface area contributed by atoms with Gasteiger partial charge >= 0.3 is 5.97 Å². The van der Waals surface area contributed by atoms with Crippen molar-refractivity contribution in [2.45, 2.75) is 233 Å². The molecule has 7 heteroatoms. The number of Topliss-reactive ketones (excluding diaryl/α,β-unsaturated/α-hetero) is 1. The highest BCUT2D eigenvalue weighted by Crippen LogP contribution is 2.22. The molecule has 0 aliphatic carbocycles. The summed E-state index contributed by atoms with van der Waals surface area (Å²) in [4.78, 5) is 33.0. The van der Waals surface area contributed by atoms with Gasteiger partial charge in [0.25, 0.3) is 0 Å². The SMILES string of the molecule is CCCCCCCCC(CCCCCC)C(=O)COCCCCCN(CCCCCCOC(=O)C(CCCCCC)CCCCCCCC)CCn1ccnc1. The van der Waals surface area contributed by atoms with E-state index in [-0.39, 0.29) is 17.8 Å². The molecule has 7 nitrogen and oxygen atoms in total. The maximum Gasteiger partial charge on any atom is 0.308 e. The number of imidazole rings is 1. The van der Waals surface area contributed by atoms with E-state index in [4.69, 9.17) is 9.47 Å². The summed E-state index contributed by atoms with van der Waals surface area (Å²) in [6.45, 7) is 14.7. The van der Waals surface area contributed by atoms with E-state index in [1.165, 1.54) is 122 Å². The molecule has 0 aliphatic heterocycles. The highest BCUT2D eigenvalue weighted by Gasteiger charge is 2.20. The maximum atomic E-state index is 13.1. The molecule has 1 rings (SSSR count). The van der Waals surface area contributed by atoms with Gasteiger partial charge in [-0.2, -0.15) is 0 Å². The Bertz CT molecular complexity index is 913. The third-order valence-electron chi connectivity index (χ3n) is 11.8. The fourth-order valence-electron chi connectivity index (χ4n) is 7.92. The number of carbonyl (C=O) groups excluding carboxylic acids is 2. The van der Waals surface area contributed by atoms with E-state index in [2.05, 4.69) is 42.1 Å². The van der Waals surface area contributed by atoms with Crippen LogP contribution in [0.5, 0.6) is 0 Å². The van der Waals surface area contributed by atoms with Gasteiger partial charge < -0.3 is 18.9 Å². The number of hydrogen-bond acceptors (Lipinski definition) is 6. The number of nitrogens with zero attached hydrogens (tertiary/aromatic N) is 3. The van der Waals surface area contributed by atoms with Gasteiger partial charge in [0.15, 0.2) is 5.78 Å². The standard InChI is InChI=1S/C49H93N3O4/c1-5-9-13-17-19-26-33-46(32-24-15-11-7-3)48(53)44-55-42-30-23-29-38-51(40-41-52-39-36-50-45-52)37-28-21-22-31-43-56-49(54)47(34-25-16-12-8-4)35-27-20-18-14-10-6-2/h36,39,45-47H,5-35,37-38,40-44H2,1-4H3. The summed E-state index contributed by atoms with van der Waals surface area (Å²) in [7, 11) is 0. The van der Waals surface area contributed by atoms with Crippen molar-refractivity contribution in [1.29, 1.82) is 0 Å². The summed E-state index contributed by atoms with van der Waals surface area (Å²) < 4.78 is 14.0. The molecule has 0 N–H and O–H groups in total. The van der Waals surface area contributed by atoms with Crippen LogP contribution in [0.4, 0.5) is 0 Å². The van der Waals surface area contributed by atoms with Crippen molar-refractivity contribution in [3.63, 3.8) is 0 Å². The van der Waals surface area contributed by atoms with Crippen molar-refractivity contribution >= 4 is 11.8 Å². The first-order valence-electron chi connectivity index (χ1n) is 24.5. The Kier molecular flexibility index (Phi) is 37.4. The average molecular weight is 788 g/mol. The Morgan fingerprint density at radius 3 is 1.52 bits per heavy atom. The second-order valence-electron chi connectivity index (χ2n) is 17.0. The summed E-state index contributed by atoms with van der Waals surface area (Å²) in [5, 5.41) is 0. The number of hydrogen-bond donors (Lipinski definition) is 0. The van der Waals surface area contributed by atoms with Gasteiger partial charge in [-0.1, -0.05) is 169 Å². The van der Waals surface area contributed by atoms with Crippen LogP contribution >= 0.6 is 0 Å². The zero-order valence-corrected chi connectivity index (χ0v) is 37.7. The monoisotopic (exact) mass is 788 g/mol. The van der Waals surface area contributed by atoms with Gasteiger partial charge in [0, 0.05) is 38.0 Å². The van der Waals surface area contributed by atoms with Crippen LogP contribution < -0.4 is 0 Å². The van der Waals surface area contributed by atoms with E-state index < -0.39 is 0 Å². The second kappa shape index (κ2) is 40.1. The van der Waals surface area contributed by atoms with E-state index in [9.17, 15) is 9.59 Å². The molecule has 0 saturated heterocycles. The van der Waals surface area contributed by atoms with Gasteiger partial charge in [0.1, 0.15) is 6.61 Å². The molecule has 0 spiro atoms. The smallest absolute Gasteiger partial charge is 0.308 e. The number of aromatic nitrogens is 2. The van der Waals surface area contributed by atoms with Crippen molar-refractivity contribution in [1.82, 2.24) is 14.5 Å². The Labute approximate surface area is 347 Å². The predicted octanol–water partition coefficient (Wildman–Crippen LogP) is 13.7. The lowest BCUT2D eigenvalue weighted by atomic mass is 9.91. The largest absolute Gasteiger partial charge is 0.465 e. The number of rotatable bonds is 44. The van der Waals surface area contributed by atoms with Crippen LogP contribution in [-0.2, 0) is 25.6 Å². The van der Waals surface area contributed by atoms with Crippen molar-refractivity contribution < 1.29 is 19.1 Å². The minimum Gasteiger partial charge on any atom is -0.465 e. The molecular weight excluding hydrogens is 695 g/mol. The molecule has 1 heterocycles. The highest BCUT2D eigenvalue weighted by atomic mass is 16.5. The molecule has 2 unspecified atom stereocenters. The van der Waals surface area contributed by atoms with E-state index in [1.807, 2.05) is 18.7 Å². The molecule has 0 bridgehead atoms. The number of carbonyl (C=O) groups is 2. The van der Waals surface area contributed by atoms with Crippen molar-refractivity contribution in [3.8, 4) is 0 Å². The van der Waals surface area contributed by atoms with Crippen molar-refractivity contribution in [3.05, 3.63) is 18.7 Å². The molecule has 0 saturated carbocycles. The molecule has 328 valence electrons. The third-order valence-corrected chi connectivity index (χ3v) is 11.8. The lowest BCUT2D eigenvalue weighted by Crippen LogP contribution is -2.29. The first-order valence-corrected chi connectivity index (χ1v) is 24.5. The van der Waals surface area contributed by atoms with Gasteiger partial charge in [0.2, 0.25) is 0 Å². The molecular formula is C49H93N3O4. The minimum absolute atomic E-state index is 0.0585. The molecule has 0 fully saturated rings. The Hall–Kier alpha value is -1.73. The van der Waals surface area contributed by atoms with Gasteiger partial charge in [-0.3, -0.25) is 9.59 Å². The summed E-state index contributed by atoms with van der Waals surface area (Å²) in [5.41, 5.74) is 0. The van der Waals surface area contributed by atoms with Gasteiger partial charge in [-0.05, 0) is 70.9 Å². The van der Waals surface area contributed by atoms with Crippen molar-refractivity contribution in [2.24, 2.45) is 11.8 Å². The fraction of sp³-hybridized carbons (Fsp3) is 0.898. The van der Waals surface area contributed by atoms with Crippen LogP contribution in [-0.4, -0.2) is 65.7 Å². The van der Waals surface area contributed by atoms with Crippen LogP contribution in [0.1, 0.15) is 227 Å². The Morgan fingerprint density at radius 1 is 0.536 bits per heavy atom. The van der Waals surface area contributed by atoms with E-state index in [0.717, 1.165) is 103 Å². The summed E-state index contributed by atoms with van der Waals surface area (Å²) >= 11 is 0. The summed E-state index contributed by atoms with van der Waals surface area (Å²) in [5.74, 6) is 0.676. The highest BCUT2D eigenvalue weighted by molar-refractivity contribution is 5.82. The summed E-state index contributed by atoms with van der Waals surface area (Å²) in [6, 6.07) is 0. The second-order valence-corrected chi connectivity index (χ2v) is 17.0. The van der Waals surface area contributed by atoms with Crippen LogP contribution in [0.2, 0.25) is 0 Å². The van der Waals surface area contributed by atoms with Crippen LogP contribution in [0.3, 0.4) is 0 Å². The first-order chi connectivity index (χ1) is 27.5. The number of ether oxygens (including phenoxy) is 2. The minimum atomic E-state index is 0.0585. The van der Waals surface area contributed by atoms with Gasteiger partial charge in [0.05, 0.1) is 18.9 Å². The third kappa shape index (κ3) is 31.3. The Balaban J connectivity index is 2.36. The van der Waals surface area contributed by atoms with Gasteiger partial charge in [-0.25, -0.2) is 4.98 Å². The zero-order chi connectivity index (χ0) is 40.6. The Morgan fingerprint density at radius 2 is 0.982 bits per heavy atom. The lowest BCUT2D eigenvalue weighted by molar-refractivity contribution is -0.149. The van der Waals surface area contributed by atoms with Crippen LogP contribution in [0, 0.1) is 11.8 Å². The normalized spacial score (nSPS) is 12.7. The molecule has 0 radical (unpaired) electrons. The molecule has 1 aromatic heterocycles. The zero-order valence-electron chi connectivity index (χ0n) is 37.7. The number of esters is 1. The average Bonchev–Trinajstić information content (AvgIpc) is 3.73. The quantitative estimate of drug-likeness (QED) is 0.0484. The fourth-order valence-corrected chi connectivity index (χ4v) is 7.92. The molecule has 0 aliphatic rings. The predicted molar refractivity (Wildman–Crippen MR) is 238 cm³/mol. The molecule has 0 amide bonds. The van der Waals surface area contributed by atoms with E-state index in [0.29, 0.717) is 25.6 Å². The topological polar surface area (TPSA) is 73.7 Å². The molecule has 56 heavy (non-hydrogen) atoms. The maximum absolute atomic E-state index is 13.1. The van der Waals surface area contributed by atoms with E-state index in [1.54, 1.807) is 0 Å². The number of unbranched alkanes of at least 4 members (excludes halogenated alkanes) is 21. The summed E-state index contributed by atoms with van der Waals surface area (Å²) in [6.07, 6.45) is 42.7. The molecule has 2 atom stereocenters. The van der Waals surface area contributed by atoms with Crippen molar-refractivity contribution in [2.75, 3.05) is 39.5 Å². The molecule has 0 aromatic carbocycles. The van der Waals surface area contributed by atoms with Crippen LogP contribution in [0.25, 0.3) is 0 Å². The lowest BCUT2D eigenvalue weighted by Gasteiger charge is -2.22. The number of ketones is 1. The van der Waals surface area contributed by atoms with Gasteiger partial charge in [-0.15, -0.1) is 0 Å².